The molecule has 2 aliphatic rings. The summed E-state index contributed by atoms with van der Waals surface area (Å²) in [6.45, 7) is 4.09. The van der Waals surface area contributed by atoms with Crippen LogP contribution in [0.5, 0.6) is 0 Å². The Morgan fingerprint density at radius 2 is 2.03 bits per heavy atom. The van der Waals surface area contributed by atoms with Gasteiger partial charge in [0.15, 0.2) is 0 Å². The van der Waals surface area contributed by atoms with Crippen molar-refractivity contribution < 1.29 is 10.2 Å². The van der Waals surface area contributed by atoms with Gasteiger partial charge >= 0.3 is 0 Å². The fourth-order valence-corrected chi connectivity index (χ4v) is 5.13. The average Bonchev–Trinajstić information content (AvgIpc) is 3.22. The van der Waals surface area contributed by atoms with Crippen molar-refractivity contribution in [1.82, 2.24) is 4.98 Å². The number of hydrogen-bond acceptors (Lipinski definition) is 3. The zero-order valence-electron chi connectivity index (χ0n) is 18.3. The van der Waals surface area contributed by atoms with Crippen LogP contribution in [0.15, 0.2) is 48.2 Å². The summed E-state index contributed by atoms with van der Waals surface area (Å²) in [5, 5.41) is 21.0. The molecule has 5 atom stereocenters. The van der Waals surface area contributed by atoms with Gasteiger partial charge in [0.25, 0.3) is 0 Å². The minimum atomic E-state index is -0.623. The van der Waals surface area contributed by atoms with E-state index < -0.39 is 5.60 Å². The quantitative estimate of drug-likeness (QED) is 0.376. The molecule has 0 aliphatic heterocycles. The Labute approximate surface area is 177 Å². The second-order valence-corrected chi connectivity index (χ2v) is 9.50. The van der Waals surface area contributed by atoms with Crippen molar-refractivity contribution in [3.63, 3.8) is 0 Å². The molecule has 1 saturated carbocycles. The highest BCUT2D eigenvalue weighted by atomic mass is 16.3. The molecule has 1 aromatic rings. The lowest BCUT2D eigenvalue weighted by Gasteiger charge is -2.22. The van der Waals surface area contributed by atoms with Crippen molar-refractivity contribution >= 4 is 0 Å². The Hall–Kier alpha value is -1.45. The molecule has 3 rings (SSSR count). The molecule has 0 radical (unpaired) electrons. The van der Waals surface area contributed by atoms with Crippen LogP contribution in [0, 0.1) is 17.8 Å². The fraction of sp³-hybridized carbons (Fsp3) is 0.654. The second-order valence-electron chi connectivity index (χ2n) is 9.50. The maximum absolute atomic E-state index is 10.5. The summed E-state index contributed by atoms with van der Waals surface area (Å²) in [6, 6.07) is 6.14. The molecule has 160 valence electrons. The lowest BCUT2D eigenvalue weighted by molar-refractivity contribution is 0.0513. The summed E-state index contributed by atoms with van der Waals surface area (Å²) in [4.78, 5) is 4.41. The first kappa shape index (κ1) is 22.2. The van der Waals surface area contributed by atoms with Crippen molar-refractivity contribution in [2.24, 2.45) is 17.8 Å². The number of unbranched alkanes of at least 4 members (excludes halogenated alkanes) is 2. The first-order valence-electron chi connectivity index (χ1n) is 11.6. The summed E-state index contributed by atoms with van der Waals surface area (Å²) in [5.74, 6) is 1.32. The number of aliphatic hydroxyl groups excluding tert-OH is 1. The largest absolute Gasteiger partial charge is 0.392 e. The van der Waals surface area contributed by atoms with E-state index in [4.69, 9.17) is 0 Å². The first-order chi connectivity index (χ1) is 14.0. The summed E-state index contributed by atoms with van der Waals surface area (Å²) in [5.41, 5.74) is 2.15. The summed E-state index contributed by atoms with van der Waals surface area (Å²) in [7, 11) is 0. The van der Waals surface area contributed by atoms with Crippen LogP contribution in [-0.4, -0.2) is 26.9 Å². The fourth-order valence-electron chi connectivity index (χ4n) is 5.13. The van der Waals surface area contributed by atoms with Crippen molar-refractivity contribution in [2.45, 2.75) is 89.8 Å². The minimum Gasteiger partial charge on any atom is -0.392 e. The molecule has 1 heterocycles. The first-order valence-corrected chi connectivity index (χ1v) is 11.6. The summed E-state index contributed by atoms with van der Waals surface area (Å²) >= 11 is 0. The van der Waals surface area contributed by atoms with Gasteiger partial charge in [0, 0.05) is 17.8 Å². The molecule has 3 nitrogen and oxygen atoms in total. The third-order valence-corrected chi connectivity index (χ3v) is 6.84. The van der Waals surface area contributed by atoms with Gasteiger partial charge in [-0.15, -0.1) is 0 Å². The van der Waals surface area contributed by atoms with Crippen molar-refractivity contribution in [2.75, 3.05) is 0 Å². The van der Waals surface area contributed by atoms with Crippen molar-refractivity contribution in [3.05, 3.63) is 53.9 Å². The Balaban J connectivity index is 1.43. The van der Waals surface area contributed by atoms with Gasteiger partial charge in [-0.2, -0.15) is 0 Å². The van der Waals surface area contributed by atoms with Crippen LogP contribution in [-0.2, 0) is 6.42 Å². The number of fused-ring (bicyclic) bond motifs is 1. The topological polar surface area (TPSA) is 53.4 Å². The van der Waals surface area contributed by atoms with Crippen LogP contribution in [0.25, 0.3) is 0 Å². The number of pyridine rings is 1. The van der Waals surface area contributed by atoms with E-state index in [1.54, 1.807) is 5.57 Å². The summed E-state index contributed by atoms with van der Waals surface area (Å²) < 4.78 is 0. The highest BCUT2D eigenvalue weighted by Crippen LogP contribution is 2.48. The normalized spacial score (nSPS) is 28.5. The van der Waals surface area contributed by atoms with E-state index >= 15 is 0 Å². The number of aryl methyl sites for hydroxylation is 1. The Kier molecular flexibility index (Phi) is 8.08. The number of hydrogen-bond donors (Lipinski definition) is 2. The van der Waals surface area contributed by atoms with Gasteiger partial charge in [-0.3, -0.25) is 4.98 Å². The predicted molar refractivity (Wildman–Crippen MR) is 119 cm³/mol. The number of aromatic nitrogens is 1. The van der Waals surface area contributed by atoms with Gasteiger partial charge in [-0.1, -0.05) is 49.6 Å². The lowest BCUT2D eigenvalue weighted by atomic mass is 9.87. The van der Waals surface area contributed by atoms with Gasteiger partial charge < -0.3 is 10.2 Å². The second kappa shape index (κ2) is 10.5. The molecular formula is C26H39NO2. The molecule has 2 N–H and O–H groups in total. The molecule has 3 heteroatoms. The van der Waals surface area contributed by atoms with Gasteiger partial charge in [-0.25, -0.2) is 0 Å². The SMILES string of the molecule is CCCC[C@](C)(O)CC=C[C@@H]1[C@H]2CC(CCCCc3ccccn3)=C[C@H]2C[C@H]1O. The van der Waals surface area contributed by atoms with Crippen LogP contribution < -0.4 is 0 Å². The molecular weight excluding hydrogens is 358 g/mol. The lowest BCUT2D eigenvalue weighted by Crippen LogP contribution is -2.23. The molecule has 0 saturated heterocycles. The molecule has 1 fully saturated rings. The van der Waals surface area contributed by atoms with Crippen LogP contribution in [0.2, 0.25) is 0 Å². The molecule has 0 aromatic carbocycles. The van der Waals surface area contributed by atoms with E-state index in [0.717, 1.165) is 38.5 Å². The Bertz CT molecular complexity index is 679. The number of allylic oxidation sites excluding steroid dienone is 2. The highest BCUT2D eigenvalue weighted by molar-refractivity contribution is 5.21. The number of aliphatic hydroxyl groups is 2. The molecule has 2 aliphatic carbocycles. The Morgan fingerprint density at radius 3 is 2.79 bits per heavy atom. The van der Waals surface area contributed by atoms with E-state index in [2.05, 4.69) is 42.3 Å². The van der Waals surface area contributed by atoms with Gasteiger partial charge in [0.1, 0.15) is 0 Å². The predicted octanol–water partition coefficient (Wildman–Crippen LogP) is 5.63. The standard InChI is InChI=1S/C26H39NO2/c1-3-4-14-26(2,29)15-9-13-23-24-18-20(17-21(24)19-25(23)28)10-5-6-11-22-12-7-8-16-27-22/h7-9,12-13,16-17,21,23-25,28-29H,3-6,10-11,14-15,18-19H2,1-2H3/t21-,23+,24-,25+,26-/m0/s1. The molecule has 0 amide bonds. The zero-order chi connectivity index (χ0) is 20.7. The number of rotatable bonds is 11. The zero-order valence-corrected chi connectivity index (χ0v) is 18.3. The van der Waals surface area contributed by atoms with E-state index in [-0.39, 0.29) is 12.0 Å². The van der Waals surface area contributed by atoms with Crippen LogP contribution in [0.1, 0.15) is 77.3 Å². The van der Waals surface area contributed by atoms with Crippen molar-refractivity contribution in [3.8, 4) is 0 Å². The molecule has 0 spiro atoms. The molecule has 0 bridgehead atoms. The maximum atomic E-state index is 10.5. The third-order valence-electron chi connectivity index (χ3n) is 6.84. The van der Waals surface area contributed by atoms with E-state index in [1.165, 1.54) is 25.0 Å². The van der Waals surface area contributed by atoms with Gasteiger partial charge in [0.2, 0.25) is 0 Å². The third kappa shape index (κ3) is 6.52. The highest BCUT2D eigenvalue weighted by Gasteiger charge is 2.43. The number of nitrogens with zero attached hydrogens (tertiary/aromatic N) is 1. The summed E-state index contributed by atoms with van der Waals surface area (Å²) in [6.07, 6.45) is 18.8. The molecule has 0 unspecified atom stereocenters. The molecule has 29 heavy (non-hydrogen) atoms. The maximum Gasteiger partial charge on any atom is 0.0654 e. The monoisotopic (exact) mass is 397 g/mol. The van der Waals surface area contributed by atoms with Crippen LogP contribution >= 0.6 is 0 Å². The van der Waals surface area contributed by atoms with Crippen LogP contribution in [0.3, 0.4) is 0 Å². The van der Waals surface area contributed by atoms with Crippen molar-refractivity contribution in [1.29, 1.82) is 0 Å². The van der Waals surface area contributed by atoms with Gasteiger partial charge in [-0.05, 0) is 82.3 Å². The average molecular weight is 398 g/mol. The minimum absolute atomic E-state index is 0.233. The van der Waals surface area contributed by atoms with E-state index in [9.17, 15) is 10.2 Å². The van der Waals surface area contributed by atoms with Gasteiger partial charge in [0.05, 0.1) is 11.7 Å². The smallest absolute Gasteiger partial charge is 0.0654 e. The van der Waals surface area contributed by atoms with E-state index in [1.807, 2.05) is 19.2 Å². The molecule has 1 aromatic heterocycles. The van der Waals surface area contributed by atoms with Crippen LogP contribution in [0.4, 0.5) is 0 Å². The van der Waals surface area contributed by atoms with E-state index in [0.29, 0.717) is 18.3 Å². The Morgan fingerprint density at radius 1 is 1.21 bits per heavy atom.